The molecule has 0 heterocycles. The molecule has 2 N–H and O–H groups in total. The van der Waals surface area contributed by atoms with Crippen LogP contribution < -0.4 is 10.6 Å². The highest BCUT2D eigenvalue weighted by molar-refractivity contribution is 6.08. The highest BCUT2D eigenvalue weighted by atomic mass is 16.2. The maximum Gasteiger partial charge on any atom is 0.233 e. The molecule has 0 atom stereocenters. The largest absolute Gasteiger partial charge is 0.325 e. The van der Waals surface area contributed by atoms with Crippen LogP contribution in [0, 0.1) is 6.92 Å². The number of aryl methyl sites for hydroxylation is 2. The summed E-state index contributed by atoms with van der Waals surface area (Å²) >= 11 is 0. The van der Waals surface area contributed by atoms with E-state index in [0.717, 1.165) is 28.9 Å². The van der Waals surface area contributed by atoms with E-state index in [4.69, 9.17) is 0 Å². The van der Waals surface area contributed by atoms with Gasteiger partial charge in [-0.25, -0.2) is 0 Å². The van der Waals surface area contributed by atoms with Gasteiger partial charge in [0.25, 0.3) is 0 Å². The van der Waals surface area contributed by atoms with E-state index in [1.807, 2.05) is 62.4 Å². The number of amides is 2. The highest BCUT2D eigenvalue weighted by Gasteiger charge is 2.12. The van der Waals surface area contributed by atoms with Crippen LogP contribution in [0.25, 0.3) is 0 Å². The van der Waals surface area contributed by atoms with E-state index >= 15 is 0 Å². The van der Waals surface area contributed by atoms with Crippen molar-refractivity contribution in [1.82, 2.24) is 0 Å². The minimum Gasteiger partial charge on any atom is -0.325 e. The van der Waals surface area contributed by atoms with Gasteiger partial charge in [-0.1, -0.05) is 43.3 Å². The normalized spacial score (nSPS) is 10.1. The first kappa shape index (κ1) is 15.8. The van der Waals surface area contributed by atoms with Crippen molar-refractivity contribution in [2.75, 3.05) is 10.6 Å². The predicted octanol–water partition coefficient (Wildman–Crippen LogP) is 3.52. The van der Waals surface area contributed by atoms with E-state index in [0.29, 0.717) is 0 Å². The number of hydrogen-bond donors (Lipinski definition) is 2. The smallest absolute Gasteiger partial charge is 0.233 e. The third-order valence-electron chi connectivity index (χ3n) is 3.41. The average Bonchev–Trinajstić information content (AvgIpc) is 2.50. The molecule has 22 heavy (non-hydrogen) atoms. The molecule has 114 valence electrons. The third kappa shape index (κ3) is 4.19. The van der Waals surface area contributed by atoms with Gasteiger partial charge < -0.3 is 10.6 Å². The molecule has 2 rings (SSSR count). The van der Waals surface area contributed by atoms with E-state index in [9.17, 15) is 9.59 Å². The van der Waals surface area contributed by atoms with Gasteiger partial charge in [-0.2, -0.15) is 0 Å². The van der Waals surface area contributed by atoms with Crippen molar-refractivity contribution in [1.29, 1.82) is 0 Å². The molecule has 0 unspecified atom stereocenters. The maximum absolute atomic E-state index is 12.0. The van der Waals surface area contributed by atoms with E-state index < -0.39 is 0 Å². The van der Waals surface area contributed by atoms with E-state index in [-0.39, 0.29) is 18.2 Å². The molecule has 4 nitrogen and oxygen atoms in total. The molecule has 0 aliphatic rings. The summed E-state index contributed by atoms with van der Waals surface area (Å²) in [4.78, 5) is 23.9. The molecule has 0 saturated heterocycles. The molecule has 0 aromatic heterocycles. The Morgan fingerprint density at radius 2 is 1.41 bits per heavy atom. The molecule has 0 radical (unpaired) electrons. The van der Waals surface area contributed by atoms with Crippen LogP contribution in [-0.4, -0.2) is 11.8 Å². The number of carbonyl (C=O) groups excluding carboxylic acids is 2. The minimum atomic E-state index is -0.319. The lowest BCUT2D eigenvalue weighted by Gasteiger charge is -2.10. The monoisotopic (exact) mass is 296 g/mol. The van der Waals surface area contributed by atoms with Crippen molar-refractivity contribution in [3.05, 3.63) is 59.7 Å². The molecule has 0 spiro atoms. The van der Waals surface area contributed by atoms with Gasteiger partial charge >= 0.3 is 0 Å². The van der Waals surface area contributed by atoms with Gasteiger partial charge in [0.2, 0.25) is 11.8 Å². The summed E-state index contributed by atoms with van der Waals surface area (Å²) in [6, 6.07) is 15.1. The average molecular weight is 296 g/mol. The van der Waals surface area contributed by atoms with Crippen LogP contribution in [0.1, 0.15) is 24.5 Å². The number of para-hydroxylation sites is 2. The summed E-state index contributed by atoms with van der Waals surface area (Å²) in [6.45, 7) is 3.93. The summed E-state index contributed by atoms with van der Waals surface area (Å²) in [7, 11) is 0. The van der Waals surface area contributed by atoms with Crippen molar-refractivity contribution in [2.45, 2.75) is 26.7 Å². The first-order chi connectivity index (χ1) is 10.6. The first-order valence-electron chi connectivity index (χ1n) is 7.33. The number of nitrogens with one attached hydrogen (secondary N) is 2. The standard InChI is InChI=1S/C18H20N2O2/c1-3-14-9-5-7-11-16(14)20-18(22)12-17(21)19-15-10-6-4-8-13(15)2/h4-11H,3,12H2,1-2H3,(H,19,21)(H,20,22). The number of hydrogen-bond acceptors (Lipinski definition) is 2. The molecule has 0 fully saturated rings. The Bertz CT molecular complexity index is 680. The Balaban J connectivity index is 1.94. The van der Waals surface area contributed by atoms with Gasteiger partial charge in [0.1, 0.15) is 6.42 Å². The Morgan fingerprint density at radius 1 is 0.864 bits per heavy atom. The van der Waals surface area contributed by atoms with E-state index in [2.05, 4.69) is 10.6 Å². The van der Waals surface area contributed by atoms with Crippen LogP contribution in [0.15, 0.2) is 48.5 Å². The lowest BCUT2D eigenvalue weighted by Crippen LogP contribution is -2.22. The Labute approximate surface area is 130 Å². The zero-order valence-corrected chi connectivity index (χ0v) is 12.8. The fraction of sp³-hybridized carbons (Fsp3) is 0.222. The molecule has 4 heteroatoms. The van der Waals surface area contributed by atoms with Crippen molar-refractivity contribution in [2.24, 2.45) is 0 Å². The topological polar surface area (TPSA) is 58.2 Å². The van der Waals surface area contributed by atoms with Gasteiger partial charge in [-0.05, 0) is 36.6 Å². The first-order valence-corrected chi connectivity index (χ1v) is 7.33. The van der Waals surface area contributed by atoms with Gasteiger partial charge in [-0.3, -0.25) is 9.59 Å². The molecule has 0 aliphatic carbocycles. The quantitative estimate of drug-likeness (QED) is 0.829. The van der Waals surface area contributed by atoms with Crippen molar-refractivity contribution < 1.29 is 9.59 Å². The number of carbonyl (C=O) groups is 2. The summed E-state index contributed by atoms with van der Waals surface area (Å²) in [6.07, 6.45) is 0.623. The fourth-order valence-electron chi connectivity index (χ4n) is 2.20. The van der Waals surface area contributed by atoms with Gasteiger partial charge in [0.05, 0.1) is 0 Å². The van der Waals surface area contributed by atoms with E-state index in [1.54, 1.807) is 0 Å². The molecule has 0 saturated carbocycles. The second-order valence-electron chi connectivity index (χ2n) is 5.10. The molecule has 0 aliphatic heterocycles. The lowest BCUT2D eigenvalue weighted by atomic mass is 10.1. The van der Waals surface area contributed by atoms with E-state index in [1.165, 1.54) is 0 Å². The summed E-state index contributed by atoms with van der Waals surface area (Å²) in [5, 5.41) is 5.55. The van der Waals surface area contributed by atoms with Gasteiger partial charge in [-0.15, -0.1) is 0 Å². The lowest BCUT2D eigenvalue weighted by molar-refractivity contribution is -0.123. The number of rotatable bonds is 5. The summed E-state index contributed by atoms with van der Waals surface area (Å²) in [5.74, 6) is -0.632. The second-order valence-corrected chi connectivity index (χ2v) is 5.10. The van der Waals surface area contributed by atoms with Crippen molar-refractivity contribution >= 4 is 23.2 Å². The van der Waals surface area contributed by atoms with Crippen LogP contribution in [0.4, 0.5) is 11.4 Å². The van der Waals surface area contributed by atoms with Crippen molar-refractivity contribution in [3.63, 3.8) is 0 Å². The summed E-state index contributed by atoms with van der Waals surface area (Å²) < 4.78 is 0. The van der Waals surface area contributed by atoms with Crippen LogP contribution >= 0.6 is 0 Å². The van der Waals surface area contributed by atoms with Crippen LogP contribution in [0.2, 0.25) is 0 Å². The highest BCUT2D eigenvalue weighted by Crippen LogP contribution is 2.16. The SMILES string of the molecule is CCc1ccccc1NC(=O)CC(=O)Nc1ccccc1C. The van der Waals surface area contributed by atoms with Gasteiger partial charge in [0, 0.05) is 11.4 Å². The summed E-state index contributed by atoms with van der Waals surface area (Å²) in [5.41, 5.74) is 3.51. The molecule has 0 bridgehead atoms. The van der Waals surface area contributed by atoms with Gasteiger partial charge in [0.15, 0.2) is 0 Å². The Kier molecular flexibility index (Phi) is 5.31. The zero-order valence-electron chi connectivity index (χ0n) is 12.8. The minimum absolute atomic E-state index is 0.202. The van der Waals surface area contributed by atoms with Crippen LogP contribution in [-0.2, 0) is 16.0 Å². The Morgan fingerprint density at radius 3 is 2.05 bits per heavy atom. The molecule has 2 aromatic rings. The fourth-order valence-corrected chi connectivity index (χ4v) is 2.20. The third-order valence-corrected chi connectivity index (χ3v) is 3.41. The number of benzene rings is 2. The molecule has 2 aromatic carbocycles. The Hall–Kier alpha value is -2.62. The molecular formula is C18H20N2O2. The zero-order chi connectivity index (χ0) is 15.9. The van der Waals surface area contributed by atoms with Crippen LogP contribution in [0.3, 0.4) is 0 Å². The van der Waals surface area contributed by atoms with Crippen molar-refractivity contribution in [3.8, 4) is 0 Å². The number of anilines is 2. The molecule has 2 amide bonds. The predicted molar refractivity (Wildman–Crippen MR) is 88.9 cm³/mol. The van der Waals surface area contributed by atoms with Crippen LogP contribution in [0.5, 0.6) is 0 Å². The maximum atomic E-state index is 12.0. The second kappa shape index (κ2) is 7.41. The molecular weight excluding hydrogens is 276 g/mol.